The van der Waals surface area contributed by atoms with Crippen LogP contribution in [-0.2, 0) is 0 Å². The summed E-state index contributed by atoms with van der Waals surface area (Å²) in [6, 6.07) is 0.629. The van der Waals surface area contributed by atoms with Crippen LogP contribution in [0.1, 0.15) is 40.0 Å². The first kappa shape index (κ1) is 10.5. The van der Waals surface area contributed by atoms with Gasteiger partial charge in [-0.2, -0.15) is 0 Å². The highest BCUT2D eigenvalue weighted by molar-refractivity contribution is 5.70. The molecule has 0 bridgehead atoms. The molecule has 0 aromatic heterocycles. The Morgan fingerprint density at radius 1 is 1.53 bits per heavy atom. The van der Waals surface area contributed by atoms with Crippen LogP contribution in [0.3, 0.4) is 0 Å². The Kier molecular flexibility index (Phi) is 2.68. The molecule has 0 aromatic rings. The van der Waals surface area contributed by atoms with Gasteiger partial charge in [-0.15, -0.1) is 0 Å². The van der Waals surface area contributed by atoms with Gasteiger partial charge in [0.15, 0.2) is 0 Å². The SMILES string of the molecule is CCC1CCC2=C(C=CC(C)(C)C=N2)N1. The summed E-state index contributed by atoms with van der Waals surface area (Å²) < 4.78 is 0. The van der Waals surface area contributed by atoms with Gasteiger partial charge in [0.05, 0.1) is 11.4 Å². The molecule has 2 heteroatoms. The first-order valence-corrected chi connectivity index (χ1v) is 5.85. The normalized spacial score (nSPS) is 28.3. The van der Waals surface area contributed by atoms with Gasteiger partial charge in [-0.05, 0) is 25.3 Å². The maximum atomic E-state index is 4.60. The lowest BCUT2D eigenvalue weighted by molar-refractivity contribution is 0.485. The summed E-state index contributed by atoms with van der Waals surface area (Å²) in [6.45, 7) is 6.60. The minimum Gasteiger partial charge on any atom is -0.381 e. The molecule has 2 aliphatic rings. The zero-order valence-electron chi connectivity index (χ0n) is 9.88. The van der Waals surface area contributed by atoms with E-state index in [1.54, 1.807) is 0 Å². The van der Waals surface area contributed by atoms with Crippen molar-refractivity contribution < 1.29 is 0 Å². The molecular weight excluding hydrogens is 184 g/mol. The Morgan fingerprint density at radius 3 is 3.07 bits per heavy atom. The van der Waals surface area contributed by atoms with E-state index >= 15 is 0 Å². The van der Waals surface area contributed by atoms with Crippen molar-refractivity contribution in [1.82, 2.24) is 5.32 Å². The third-order valence-corrected chi connectivity index (χ3v) is 3.13. The van der Waals surface area contributed by atoms with E-state index in [0.29, 0.717) is 6.04 Å². The quantitative estimate of drug-likeness (QED) is 0.697. The average Bonchev–Trinajstić information content (AvgIpc) is 2.38. The number of hydrogen-bond acceptors (Lipinski definition) is 2. The van der Waals surface area contributed by atoms with Crippen LogP contribution >= 0.6 is 0 Å². The molecule has 1 unspecified atom stereocenters. The summed E-state index contributed by atoms with van der Waals surface area (Å²) in [5.41, 5.74) is 2.54. The van der Waals surface area contributed by atoms with Gasteiger partial charge in [-0.1, -0.05) is 26.8 Å². The number of aliphatic imine (C=N–C) groups is 1. The van der Waals surface area contributed by atoms with Crippen LogP contribution in [0.5, 0.6) is 0 Å². The molecule has 15 heavy (non-hydrogen) atoms. The molecule has 0 aromatic carbocycles. The lowest BCUT2D eigenvalue weighted by atomic mass is 9.95. The Hall–Kier alpha value is -1.05. The highest BCUT2D eigenvalue weighted by Gasteiger charge is 2.20. The van der Waals surface area contributed by atoms with Crippen molar-refractivity contribution in [2.75, 3.05) is 0 Å². The van der Waals surface area contributed by atoms with Gasteiger partial charge in [0.2, 0.25) is 0 Å². The second-order valence-corrected chi connectivity index (χ2v) is 5.06. The summed E-state index contributed by atoms with van der Waals surface area (Å²) in [7, 11) is 0. The zero-order chi connectivity index (χ0) is 10.9. The number of nitrogens with one attached hydrogen (secondary N) is 1. The Morgan fingerprint density at radius 2 is 2.33 bits per heavy atom. The summed E-state index contributed by atoms with van der Waals surface area (Å²) in [4.78, 5) is 4.60. The van der Waals surface area contributed by atoms with Gasteiger partial charge in [0.1, 0.15) is 0 Å². The standard InChI is InChI=1S/C13H20N2/c1-4-10-5-6-11-12(15-10)7-8-13(2,3)9-14-11/h7-10,15H,4-6H2,1-3H3. The predicted molar refractivity (Wildman–Crippen MR) is 64.9 cm³/mol. The van der Waals surface area contributed by atoms with Crippen molar-refractivity contribution in [3.63, 3.8) is 0 Å². The van der Waals surface area contributed by atoms with E-state index in [4.69, 9.17) is 0 Å². The summed E-state index contributed by atoms with van der Waals surface area (Å²) in [6.07, 6.45) is 9.99. The minimum atomic E-state index is 0.0841. The molecular formula is C13H20N2. The van der Waals surface area contributed by atoms with E-state index < -0.39 is 0 Å². The van der Waals surface area contributed by atoms with Crippen LogP contribution in [0, 0.1) is 5.41 Å². The van der Waals surface area contributed by atoms with Crippen molar-refractivity contribution in [3.05, 3.63) is 23.5 Å². The molecule has 82 valence electrons. The summed E-state index contributed by atoms with van der Waals surface area (Å²) in [5, 5.41) is 3.56. The second-order valence-electron chi connectivity index (χ2n) is 5.06. The lowest BCUT2D eigenvalue weighted by Crippen LogP contribution is -2.31. The van der Waals surface area contributed by atoms with E-state index in [1.807, 2.05) is 0 Å². The molecule has 0 saturated heterocycles. The van der Waals surface area contributed by atoms with E-state index in [-0.39, 0.29) is 5.41 Å². The molecule has 0 amide bonds. The monoisotopic (exact) mass is 204 g/mol. The summed E-state index contributed by atoms with van der Waals surface area (Å²) >= 11 is 0. The number of allylic oxidation sites excluding steroid dienone is 3. The fourth-order valence-electron chi connectivity index (χ4n) is 1.99. The number of rotatable bonds is 1. The molecule has 1 atom stereocenters. The van der Waals surface area contributed by atoms with Crippen LogP contribution in [0.4, 0.5) is 0 Å². The molecule has 0 saturated carbocycles. The van der Waals surface area contributed by atoms with E-state index in [1.165, 1.54) is 24.2 Å². The Bertz CT molecular complexity index is 334. The topological polar surface area (TPSA) is 24.4 Å². The van der Waals surface area contributed by atoms with Crippen LogP contribution in [0.2, 0.25) is 0 Å². The van der Waals surface area contributed by atoms with E-state index in [9.17, 15) is 0 Å². The molecule has 2 nitrogen and oxygen atoms in total. The third-order valence-electron chi connectivity index (χ3n) is 3.13. The molecule has 2 rings (SSSR count). The smallest absolute Gasteiger partial charge is 0.0631 e. The Balaban J connectivity index is 2.23. The van der Waals surface area contributed by atoms with Gasteiger partial charge in [-0.3, -0.25) is 4.99 Å². The Labute approximate surface area is 92.2 Å². The van der Waals surface area contributed by atoms with E-state index in [2.05, 4.69) is 49.4 Å². The first-order valence-electron chi connectivity index (χ1n) is 5.85. The van der Waals surface area contributed by atoms with Gasteiger partial charge < -0.3 is 5.32 Å². The lowest BCUT2D eigenvalue weighted by Gasteiger charge is -2.25. The van der Waals surface area contributed by atoms with Crippen molar-refractivity contribution in [2.24, 2.45) is 10.4 Å². The molecule has 0 radical (unpaired) electrons. The van der Waals surface area contributed by atoms with Crippen LogP contribution in [-0.4, -0.2) is 12.3 Å². The molecule has 1 N–H and O–H groups in total. The van der Waals surface area contributed by atoms with Gasteiger partial charge >= 0.3 is 0 Å². The minimum absolute atomic E-state index is 0.0841. The highest BCUT2D eigenvalue weighted by Crippen LogP contribution is 2.27. The van der Waals surface area contributed by atoms with E-state index in [0.717, 1.165) is 6.42 Å². The highest BCUT2D eigenvalue weighted by atomic mass is 15.0. The van der Waals surface area contributed by atoms with Crippen molar-refractivity contribution >= 4 is 6.21 Å². The maximum Gasteiger partial charge on any atom is 0.0631 e. The van der Waals surface area contributed by atoms with Crippen molar-refractivity contribution in [2.45, 2.75) is 46.1 Å². The van der Waals surface area contributed by atoms with Gasteiger partial charge in [0.25, 0.3) is 0 Å². The predicted octanol–water partition coefficient (Wildman–Crippen LogP) is 3.03. The van der Waals surface area contributed by atoms with Crippen molar-refractivity contribution in [1.29, 1.82) is 0 Å². The zero-order valence-corrected chi connectivity index (χ0v) is 9.88. The first-order chi connectivity index (χ1) is 7.11. The average molecular weight is 204 g/mol. The van der Waals surface area contributed by atoms with Gasteiger partial charge in [0, 0.05) is 17.7 Å². The number of hydrogen-bond donors (Lipinski definition) is 1. The fraction of sp³-hybridized carbons (Fsp3) is 0.615. The number of nitrogens with zero attached hydrogens (tertiary/aromatic N) is 1. The molecule has 0 spiro atoms. The third kappa shape index (κ3) is 2.31. The van der Waals surface area contributed by atoms with Crippen LogP contribution < -0.4 is 5.32 Å². The molecule has 2 heterocycles. The van der Waals surface area contributed by atoms with Crippen LogP contribution in [0.15, 0.2) is 28.5 Å². The maximum absolute atomic E-state index is 4.60. The second kappa shape index (κ2) is 3.84. The largest absolute Gasteiger partial charge is 0.381 e. The molecule has 0 aliphatic carbocycles. The van der Waals surface area contributed by atoms with Crippen LogP contribution in [0.25, 0.3) is 0 Å². The van der Waals surface area contributed by atoms with Gasteiger partial charge in [-0.25, -0.2) is 0 Å². The fourth-order valence-corrected chi connectivity index (χ4v) is 1.99. The summed E-state index contributed by atoms with van der Waals surface area (Å²) in [5.74, 6) is 0. The molecule has 0 fully saturated rings. The van der Waals surface area contributed by atoms with Crippen molar-refractivity contribution in [3.8, 4) is 0 Å². The molecule has 2 aliphatic heterocycles.